The van der Waals surface area contributed by atoms with Gasteiger partial charge in [-0.25, -0.2) is 9.78 Å². The number of hydrogen-bond acceptors (Lipinski definition) is 6. The monoisotopic (exact) mass is 659 g/mol. The van der Waals surface area contributed by atoms with Gasteiger partial charge in [0.15, 0.2) is 5.69 Å². The summed E-state index contributed by atoms with van der Waals surface area (Å²) >= 11 is 0. The number of aromatic nitrogens is 4. The van der Waals surface area contributed by atoms with Crippen molar-refractivity contribution in [3.63, 3.8) is 0 Å². The molecule has 2 aromatic rings. The zero-order valence-electron chi connectivity index (χ0n) is 29.4. The van der Waals surface area contributed by atoms with Crippen molar-refractivity contribution in [3.8, 4) is 0 Å². The lowest BCUT2D eigenvalue weighted by atomic mass is 9.61. The number of methoxy groups -OCH3 is 1. The first kappa shape index (κ1) is 34.3. The summed E-state index contributed by atoms with van der Waals surface area (Å²) in [5.74, 6) is -0.637. The molecular weight excluding hydrogens is 610 g/mol. The van der Waals surface area contributed by atoms with Gasteiger partial charge in [0.05, 0.1) is 36.8 Å². The van der Waals surface area contributed by atoms with Gasteiger partial charge in [0, 0.05) is 23.0 Å². The standard InChI is InChI=1S/C41H49N5O3/c1-5-6-7-8-9-10-11-12-13-14-15-29-24-36(46-27-35(42-28-46)39(48)49-4)41(3)22-19-34-33(37(29)41)17-16-31-25-32(18-21-40(31,34)2)45-38(47)30-20-23-43-44-26-30/h16-20,22-28H,5-15,21H2,1-4H3,(H,45,47)/t40-,41-/m1/s1. The normalized spacial score (nSPS) is 22.2. The molecule has 8 nitrogen and oxygen atoms in total. The van der Waals surface area contributed by atoms with Crippen LogP contribution in [0, 0.1) is 10.8 Å². The first-order valence-electron chi connectivity index (χ1n) is 18.0. The van der Waals surface area contributed by atoms with Gasteiger partial charge in [0.2, 0.25) is 0 Å². The molecule has 0 aliphatic heterocycles. The minimum atomic E-state index is -0.439. The van der Waals surface area contributed by atoms with Gasteiger partial charge < -0.3 is 14.6 Å². The lowest BCUT2D eigenvalue weighted by Gasteiger charge is -2.43. The molecule has 256 valence electrons. The van der Waals surface area contributed by atoms with Crippen molar-refractivity contribution < 1.29 is 14.3 Å². The molecule has 0 aromatic carbocycles. The second-order valence-corrected chi connectivity index (χ2v) is 14.1. The summed E-state index contributed by atoms with van der Waals surface area (Å²) in [6, 6.07) is 1.66. The number of carbonyl (C=O) groups excluding carboxylic acids is 2. The van der Waals surface area contributed by atoms with E-state index in [0.29, 0.717) is 11.3 Å². The summed E-state index contributed by atoms with van der Waals surface area (Å²) in [6.45, 7) is 6.85. The number of fused-ring (bicyclic) bond motifs is 4. The Labute approximate surface area is 290 Å². The van der Waals surface area contributed by atoms with Crippen LogP contribution in [0.15, 0.2) is 107 Å². The molecular formula is C41H49N5O3. The molecule has 2 atom stereocenters. The highest BCUT2D eigenvalue weighted by Gasteiger charge is 2.46. The van der Waals surface area contributed by atoms with E-state index in [9.17, 15) is 9.59 Å². The van der Waals surface area contributed by atoms with Crippen LogP contribution in [-0.4, -0.2) is 38.7 Å². The maximum Gasteiger partial charge on any atom is 0.358 e. The molecule has 2 heterocycles. The Morgan fingerprint density at radius 2 is 1.71 bits per heavy atom. The average molecular weight is 660 g/mol. The molecule has 8 heteroatoms. The number of unbranched alkanes of at least 4 members (excludes halogenated alkanes) is 9. The molecule has 0 radical (unpaired) electrons. The first-order valence-corrected chi connectivity index (χ1v) is 18.0. The van der Waals surface area contributed by atoms with Crippen LogP contribution in [0.1, 0.15) is 119 Å². The maximum absolute atomic E-state index is 12.9. The molecule has 0 unspecified atom stereocenters. The van der Waals surface area contributed by atoms with Gasteiger partial charge in [-0.2, -0.15) is 10.2 Å². The smallest absolute Gasteiger partial charge is 0.358 e. The number of imidazole rings is 1. The Morgan fingerprint density at radius 1 is 0.959 bits per heavy atom. The van der Waals surface area contributed by atoms with Crippen LogP contribution < -0.4 is 5.32 Å². The summed E-state index contributed by atoms with van der Waals surface area (Å²) in [4.78, 5) is 29.5. The summed E-state index contributed by atoms with van der Waals surface area (Å²) in [7, 11) is 1.38. The molecule has 1 N–H and O–H groups in total. The zero-order valence-corrected chi connectivity index (χ0v) is 29.4. The zero-order chi connectivity index (χ0) is 34.4. The van der Waals surface area contributed by atoms with Crippen LogP contribution in [0.5, 0.6) is 0 Å². The van der Waals surface area contributed by atoms with E-state index in [2.05, 4.69) is 83.8 Å². The topological polar surface area (TPSA) is 99.0 Å². The molecule has 4 aliphatic carbocycles. The number of hydrogen-bond donors (Lipinski definition) is 1. The van der Waals surface area contributed by atoms with Crippen molar-refractivity contribution in [1.29, 1.82) is 0 Å². The minimum Gasteiger partial charge on any atom is -0.464 e. The van der Waals surface area contributed by atoms with Crippen LogP contribution in [-0.2, 0) is 4.74 Å². The molecule has 0 spiro atoms. The highest BCUT2D eigenvalue weighted by Crippen LogP contribution is 2.59. The second kappa shape index (κ2) is 14.9. The van der Waals surface area contributed by atoms with E-state index in [1.165, 1.54) is 105 Å². The second-order valence-electron chi connectivity index (χ2n) is 14.1. The molecule has 0 bridgehead atoms. The van der Waals surface area contributed by atoms with Crippen molar-refractivity contribution in [2.75, 3.05) is 7.11 Å². The van der Waals surface area contributed by atoms with Crippen molar-refractivity contribution in [3.05, 3.63) is 118 Å². The molecule has 6 rings (SSSR count). The van der Waals surface area contributed by atoms with Gasteiger partial charge >= 0.3 is 5.97 Å². The summed E-state index contributed by atoms with van der Waals surface area (Å²) < 4.78 is 6.94. The van der Waals surface area contributed by atoms with E-state index in [4.69, 9.17) is 4.74 Å². The molecule has 0 saturated carbocycles. The van der Waals surface area contributed by atoms with Crippen LogP contribution in [0.25, 0.3) is 5.70 Å². The Kier molecular flexibility index (Phi) is 10.4. The van der Waals surface area contributed by atoms with Crippen LogP contribution in [0.3, 0.4) is 0 Å². The van der Waals surface area contributed by atoms with Gasteiger partial charge in [0.1, 0.15) is 0 Å². The van der Waals surface area contributed by atoms with E-state index in [1.807, 2.05) is 4.57 Å². The number of allylic oxidation sites excluding steroid dienone is 13. The van der Waals surface area contributed by atoms with E-state index < -0.39 is 5.97 Å². The lowest BCUT2D eigenvalue weighted by molar-refractivity contribution is 0.0594. The average Bonchev–Trinajstić information content (AvgIpc) is 3.72. The summed E-state index contributed by atoms with van der Waals surface area (Å²) in [5.41, 5.74) is 8.48. The molecule has 0 saturated heterocycles. The molecule has 1 amide bonds. The summed E-state index contributed by atoms with van der Waals surface area (Å²) in [5, 5.41) is 10.7. The van der Waals surface area contributed by atoms with Crippen LogP contribution in [0.2, 0.25) is 0 Å². The molecule has 49 heavy (non-hydrogen) atoms. The number of esters is 1. The SMILES string of the molecule is CCCCCCCCCCCCC1=C2C3=C(C=C[C@]2(C)C(n2cnc(C(=O)OC)c2)=C1)[C@]1(C)CC=C(NC(=O)c2ccnnc2)C=C1C=C3. The van der Waals surface area contributed by atoms with E-state index in [-0.39, 0.29) is 16.7 Å². The van der Waals surface area contributed by atoms with Gasteiger partial charge in [-0.05, 0) is 72.3 Å². The number of nitrogens with one attached hydrogen (secondary N) is 1. The minimum absolute atomic E-state index is 0.198. The number of ether oxygens (including phenoxy) is 1. The van der Waals surface area contributed by atoms with Crippen molar-refractivity contribution in [2.45, 2.75) is 97.8 Å². The summed E-state index contributed by atoms with van der Waals surface area (Å²) in [6.07, 6.45) is 37.0. The number of rotatable bonds is 15. The van der Waals surface area contributed by atoms with Gasteiger partial charge in [-0.15, -0.1) is 0 Å². The van der Waals surface area contributed by atoms with Crippen molar-refractivity contribution in [1.82, 2.24) is 25.1 Å². The van der Waals surface area contributed by atoms with E-state index in [0.717, 1.165) is 30.7 Å². The van der Waals surface area contributed by atoms with Crippen molar-refractivity contribution in [2.24, 2.45) is 10.8 Å². The third-order valence-electron chi connectivity index (χ3n) is 10.7. The number of nitrogens with zero attached hydrogens (tertiary/aromatic N) is 4. The van der Waals surface area contributed by atoms with Gasteiger partial charge in [-0.3, -0.25) is 4.79 Å². The highest BCUT2D eigenvalue weighted by molar-refractivity contribution is 5.95. The molecule has 0 fully saturated rings. The van der Waals surface area contributed by atoms with E-state index in [1.54, 1.807) is 18.6 Å². The lowest BCUT2D eigenvalue weighted by Crippen LogP contribution is -2.33. The predicted octanol–water partition coefficient (Wildman–Crippen LogP) is 9.01. The van der Waals surface area contributed by atoms with Crippen molar-refractivity contribution >= 4 is 17.6 Å². The van der Waals surface area contributed by atoms with E-state index >= 15 is 0 Å². The third-order valence-corrected chi connectivity index (χ3v) is 10.7. The Balaban J connectivity index is 1.23. The van der Waals surface area contributed by atoms with Crippen LogP contribution >= 0.6 is 0 Å². The molecule has 2 aromatic heterocycles. The number of carbonyl (C=O) groups is 2. The first-order chi connectivity index (χ1) is 23.8. The van der Waals surface area contributed by atoms with Crippen LogP contribution in [0.4, 0.5) is 0 Å². The number of amides is 1. The fourth-order valence-corrected chi connectivity index (χ4v) is 7.81. The highest BCUT2D eigenvalue weighted by atomic mass is 16.5. The predicted molar refractivity (Wildman–Crippen MR) is 193 cm³/mol. The van der Waals surface area contributed by atoms with Gasteiger partial charge in [-0.1, -0.05) is 102 Å². The largest absolute Gasteiger partial charge is 0.464 e. The fourth-order valence-electron chi connectivity index (χ4n) is 7.81. The van der Waals surface area contributed by atoms with Gasteiger partial charge in [0.25, 0.3) is 5.91 Å². The fraction of sp³-hybridized carbons (Fsp3) is 0.439. The third kappa shape index (κ3) is 6.96. The molecule has 4 aliphatic rings. The maximum atomic E-state index is 12.9. The quantitative estimate of drug-likeness (QED) is 0.151. The Morgan fingerprint density at radius 3 is 2.43 bits per heavy atom. The Hall–Kier alpha value is -4.59. The Bertz CT molecular complexity index is 1800.